The first-order valence-electron chi connectivity index (χ1n) is 4.02. The molecule has 0 spiro atoms. The minimum Gasteiger partial charge on any atom is -0.496 e. The Morgan fingerprint density at radius 1 is 1.50 bits per heavy atom. The number of thiophene rings is 1. The summed E-state index contributed by atoms with van der Waals surface area (Å²) in [7, 11) is 1.58. The smallest absolute Gasteiger partial charge is 0.345 e. The van der Waals surface area contributed by atoms with E-state index in [-0.39, 0.29) is 0 Å². The molecule has 14 heavy (non-hydrogen) atoms. The predicted molar refractivity (Wildman–Crippen MR) is 55.3 cm³/mol. The van der Waals surface area contributed by atoms with Crippen LogP contribution in [-0.2, 0) is 0 Å². The van der Waals surface area contributed by atoms with Gasteiger partial charge >= 0.3 is 5.97 Å². The van der Waals surface area contributed by atoms with E-state index < -0.39 is 5.97 Å². The van der Waals surface area contributed by atoms with Crippen molar-refractivity contribution in [1.29, 1.82) is 0 Å². The lowest BCUT2D eigenvalue weighted by Gasteiger charge is -1.99. The van der Waals surface area contributed by atoms with Crippen molar-refractivity contribution in [3.05, 3.63) is 29.1 Å². The van der Waals surface area contributed by atoms with E-state index in [4.69, 9.17) is 9.84 Å². The third-order valence-electron chi connectivity index (χ3n) is 1.95. The van der Waals surface area contributed by atoms with Crippen molar-refractivity contribution in [2.45, 2.75) is 0 Å². The van der Waals surface area contributed by atoms with Crippen molar-refractivity contribution in [3.8, 4) is 5.75 Å². The number of methoxy groups -OCH3 is 1. The maximum atomic E-state index is 10.7. The summed E-state index contributed by atoms with van der Waals surface area (Å²) < 4.78 is 6.07. The van der Waals surface area contributed by atoms with Gasteiger partial charge in [0.2, 0.25) is 0 Å². The zero-order chi connectivity index (χ0) is 10.1. The summed E-state index contributed by atoms with van der Waals surface area (Å²) in [6.07, 6.45) is 0. The first kappa shape index (κ1) is 9.02. The van der Waals surface area contributed by atoms with Crippen molar-refractivity contribution < 1.29 is 14.6 Å². The van der Waals surface area contributed by atoms with E-state index in [1.165, 1.54) is 11.3 Å². The number of carboxylic acids is 1. The van der Waals surface area contributed by atoms with Gasteiger partial charge in [0.05, 0.1) is 7.11 Å². The minimum absolute atomic E-state index is 0.338. The topological polar surface area (TPSA) is 46.5 Å². The van der Waals surface area contributed by atoms with Gasteiger partial charge < -0.3 is 9.84 Å². The van der Waals surface area contributed by atoms with E-state index >= 15 is 0 Å². The molecule has 3 nitrogen and oxygen atoms in total. The monoisotopic (exact) mass is 208 g/mol. The molecule has 0 atom stereocenters. The predicted octanol–water partition coefficient (Wildman–Crippen LogP) is 2.61. The summed E-state index contributed by atoms with van der Waals surface area (Å²) >= 11 is 1.26. The molecule has 0 aliphatic carbocycles. The largest absolute Gasteiger partial charge is 0.496 e. The second-order valence-corrected chi connectivity index (χ2v) is 3.87. The SMILES string of the molecule is COc1cccc2sc(C(=O)O)cc12. The van der Waals surface area contributed by atoms with E-state index in [1.807, 2.05) is 18.2 Å². The molecular formula is C10H8O3S. The normalized spacial score (nSPS) is 10.4. The van der Waals surface area contributed by atoms with Crippen LogP contribution >= 0.6 is 11.3 Å². The van der Waals surface area contributed by atoms with Gasteiger partial charge in [-0.05, 0) is 18.2 Å². The summed E-state index contributed by atoms with van der Waals surface area (Å²) in [5, 5.41) is 9.68. The van der Waals surface area contributed by atoms with Crippen LogP contribution in [-0.4, -0.2) is 18.2 Å². The van der Waals surface area contributed by atoms with Gasteiger partial charge in [0.1, 0.15) is 10.6 Å². The third kappa shape index (κ3) is 1.33. The molecule has 0 aliphatic heterocycles. The van der Waals surface area contributed by atoms with Gasteiger partial charge in [-0.25, -0.2) is 4.79 Å². The Balaban J connectivity index is 2.70. The molecule has 0 fully saturated rings. The summed E-state index contributed by atoms with van der Waals surface area (Å²) in [5.74, 6) is -0.181. The Morgan fingerprint density at radius 3 is 2.93 bits per heavy atom. The molecule has 2 aromatic rings. The van der Waals surface area contributed by atoms with Crippen LogP contribution in [0.5, 0.6) is 5.75 Å². The van der Waals surface area contributed by atoms with Crippen LogP contribution in [0.4, 0.5) is 0 Å². The van der Waals surface area contributed by atoms with Crippen LogP contribution in [0, 0.1) is 0 Å². The van der Waals surface area contributed by atoms with Gasteiger partial charge in [-0.3, -0.25) is 0 Å². The maximum Gasteiger partial charge on any atom is 0.345 e. The molecule has 0 saturated carbocycles. The zero-order valence-electron chi connectivity index (χ0n) is 7.48. The van der Waals surface area contributed by atoms with E-state index in [2.05, 4.69) is 0 Å². The van der Waals surface area contributed by atoms with Crippen molar-refractivity contribution in [3.63, 3.8) is 0 Å². The average molecular weight is 208 g/mol. The lowest BCUT2D eigenvalue weighted by Crippen LogP contribution is -1.89. The molecule has 2 rings (SSSR count). The first-order chi connectivity index (χ1) is 6.72. The highest BCUT2D eigenvalue weighted by Gasteiger charge is 2.10. The fourth-order valence-corrected chi connectivity index (χ4v) is 2.23. The molecule has 0 aliphatic rings. The zero-order valence-corrected chi connectivity index (χ0v) is 8.30. The van der Waals surface area contributed by atoms with E-state index in [0.29, 0.717) is 10.6 Å². The van der Waals surface area contributed by atoms with E-state index in [9.17, 15) is 4.79 Å². The van der Waals surface area contributed by atoms with Crippen LogP contribution in [0.25, 0.3) is 10.1 Å². The van der Waals surface area contributed by atoms with Gasteiger partial charge in [-0.2, -0.15) is 0 Å². The molecule has 72 valence electrons. The molecule has 0 bridgehead atoms. The van der Waals surface area contributed by atoms with Crippen molar-refractivity contribution in [2.24, 2.45) is 0 Å². The molecule has 1 N–H and O–H groups in total. The number of hydrogen-bond acceptors (Lipinski definition) is 3. The van der Waals surface area contributed by atoms with Gasteiger partial charge in [0, 0.05) is 10.1 Å². The summed E-state index contributed by atoms with van der Waals surface area (Å²) in [6, 6.07) is 7.19. The average Bonchev–Trinajstić information content (AvgIpc) is 2.60. The molecular weight excluding hydrogens is 200 g/mol. The second-order valence-electron chi connectivity index (χ2n) is 2.79. The fraction of sp³-hybridized carbons (Fsp3) is 0.100. The second kappa shape index (κ2) is 3.31. The molecule has 1 aromatic carbocycles. The number of ether oxygens (including phenoxy) is 1. The van der Waals surface area contributed by atoms with Crippen LogP contribution < -0.4 is 4.74 Å². The number of aromatic carboxylic acids is 1. The fourth-order valence-electron chi connectivity index (χ4n) is 1.32. The highest BCUT2D eigenvalue weighted by molar-refractivity contribution is 7.20. The van der Waals surface area contributed by atoms with Crippen LogP contribution in [0.2, 0.25) is 0 Å². The molecule has 0 unspecified atom stereocenters. The number of benzene rings is 1. The number of carboxylic acid groups (broad SMARTS) is 1. The molecule has 4 heteroatoms. The Kier molecular flexibility index (Phi) is 2.13. The Bertz CT molecular complexity index is 487. The highest BCUT2D eigenvalue weighted by atomic mass is 32.1. The summed E-state index contributed by atoms with van der Waals surface area (Å²) in [5.41, 5.74) is 0. The van der Waals surface area contributed by atoms with Crippen molar-refractivity contribution in [1.82, 2.24) is 0 Å². The van der Waals surface area contributed by atoms with E-state index in [0.717, 1.165) is 10.1 Å². The van der Waals surface area contributed by atoms with Crippen molar-refractivity contribution in [2.75, 3.05) is 7.11 Å². The Hall–Kier alpha value is -1.55. The molecule has 0 saturated heterocycles. The molecule has 0 radical (unpaired) electrons. The lowest BCUT2D eigenvalue weighted by molar-refractivity contribution is 0.0702. The Morgan fingerprint density at radius 2 is 2.29 bits per heavy atom. The summed E-state index contributed by atoms with van der Waals surface area (Å²) in [4.78, 5) is 11.1. The van der Waals surface area contributed by atoms with Gasteiger partial charge in [-0.1, -0.05) is 6.07 Å². The standard InChI is InChI=1S/C10H8O3S/c1-13-7-3-2-4-8-6(7)5-9(14-8)10(11)12/h2-5H,1H3,(H,11,12). The number of rotatable bonds is 2. The van der Waals surface area contributed by atoms with Crippen LogP contribution in [0.15, 0.2) is 24.3 Å². The lowest BCUT2D eigenvalue weighted by atomic mass is 10.2. The number of hydrogen-bond donors (Lipinski definition) is 1. The molecule has 1 heterocycles. The maximum absolute atomic E-state index is 10.7. The van der Waals surface area contributed by atoms with Crippen LogP contribution in [0.3, 0.4) is 0 Å². The minimum atomic E-state index is -0.895. The summed E-state index contributed by atoms with van der Waals surface area (Å²) in [6.45, 7) is 0. The van der Waals surface area contributed by atoms with Gasteiger partial charge in [-0.15, -0.1) is 11.3 Å². The quantitative estimate of drug-likeness (QED) is 0.825. The third-order valence-corrected chi connectivity index (χ3v) is 3.04. The first-order valence-corrected chi connectivity index (χ1v) is 4.84. The van der Waals surface area contributed by atoms with Gasteiger partial charge in [0.25, 0.3) is 0 Å². The number of fused-ring (bicyclic) bond motifs is 1. The van der Waals surface area contributed by atoms with Gasteiger partial charge in [0.15, 0.2) is 0 Å². The highest BCUT2D eigenvalue weighted by Crippen LogP contribution is 2.32. The Labute approximate surface area is 84.6 Å². The molecule has 1 aromatic heterocycles. The molecule has 0 amide bonds. The number of carbonyl (C=O) groups is 1. The van der Waals surface area contributed by atoms with Crippen molar-refractivity contribution >= 4 is 27.4 Å². The van der Waals surface area contributed by atoms with Crippen LogP contribution in [0.1, 0.15) is 9.67 Å². The van der Waals surface area contributed by atoms with E-state index in [1.54, 1.807) is 13.2 Å².